The summed E-state index contributed by atoms with van der Waals surface area (Å²) in [6.45, 7) is 1.98. The smallest absolute Gasteiger partial charge is 0.311 e. The summed E-state index contributed by atoms with van der Waals surface area (Å²) in [5, 5.41) is 3.47. The van der Waals surface area contributed by atoms with E-state index >= 15 is 0 Å². The van der Waals surface area contributed by atoms with Gasteiger partial charge in [0.25, 0.3) is 5.56 Å². The minimum Gasteiger partial charge on any atom is -0.469 e. The molecule has 0 saturated carbocycles. The number of benzene rings is 2. The van der Waals surface area contributed by atoms with Crippen molar-refractivity contribution in [1.82, 2.24) is 14.8 Å². The average Bonchev–Trinajstić information content (AvgIpc) is 3.33. The van der Waals surface area contributed by atoms with E-state index in [0.29, 0.717) is 22.1 Å². The molecule has 2 aromatic heterocycles. The molecule has 4 rings (SSSR count). The number of H-pyrrole nitrogens is 1. The fourth-order valence-electron chi connectivity index (χ4n) is 3.17. The Labute approximate surface area is 180 Å². The van der Waals surface area contributed by atoms with Gasteiger partial charge in [-0.05, 0) is 36.8 Å². The molecule has 2 aromatic carbocycles. The van der Waals surface area contributed by atoms with Crippen molar-refractivity contribution >= 4 is 33.2 Å². The quantitative estimate of drug-likeness (QED) is 0.368. The zero-order valence-corrected chi connectivity index (χ0v) is 17.7. The van der Waals surface area contributed by atoms with Crippen molar-refractivity contribution in [3.8, 4) is 5.13 Å². The number of hydrogen-bond donors (Lipinski definition) is 1. The third-order valence-electron chi connectivity index (χ3n) is 4.76. The van der Waals surface area contributed by atoms with E-state index in [-0.39, 0.29) is 24.3 Å². The second kappa shape index (κ2) is 8.65. The molecule has 1 N–H and O–H groups in total. The van der Waals surface area contributed by atoms with Crippen LogP contribution in [0.1, 0.15) is 23.7 Å². The molecule has 2 heterocycles. The first-order valence-corrected chi connectivity index (χ1v) is 10.3. The Morgan fingerprint density at radius 2 is 1.97 bits per heavy atom. The van der Waals surface area contributed by atoms with Gasteiger partial charge in [0.1, 0.15) is 5.82 Å². The topological polar surface area (TPSA) is 89.3 Å². The van der Waals surface area contributed by atoms with E-state index in [1.165, 1.54) is 35.3 Å². The van der Waals surface area contributed by atoms with Crippen LogP contribution in [0.3, 0.4) is 0 Å². The first-order chi connectivity index (χ1) is 15.0. The number of hydrogen-bond acceptors (Lipinski definition) is 6. The van der Waals surface area contributed by atoms with Crippen molar-refractivity contribution in [3.05, 3.63) is 81.5 Å². The van der Waals surface area contributed by atoms with Crippen molar-refractivity contribution in [1.29, 1.82) is 0 Å². The Bertz CT molecular complexity index is 1300. The summed E-state index contributed by atoms with van der Waals surface area (Å²) in [6.07, 6.45) is -0.109. The zero-order valence-electron chi connectivity index (χ0n) is 16.9. The van der Waals surface area contributed by atoms with Crippen LogP contribution in [0.15, 0.2) is 58.3 Å². The number of aromatic amines is 1. The summed E-state index contributed by atoms with van der Waals surface area (Å²) in [6, 6.07) is 13.6. The van der Waals surface area contributed by atoms with Gasteiger partial charge in [0, 0.05) is 5.71 Å². The highest BCUT2D eigenvalue weighted by molar-refractivity contribution is 7.20. The number of methoxy groups -OCH3 is 1. The number of carbonyl (C=O) groups excluding carboxylic acids is 1. The second-order valence-corrected chi connectivity index (χ2v) is 7.86. The molecule has 0 saturated heterocycles. The lowest BCUT2D eigenvalue weighted by atomic mass is 10.1. The minimum absolute atomic E-state index is 0.109. The van der Waals surface area contributed by atoms with Crippen LogP contribution in [0.4, 0.5) is 4.39 Å². The highest BCUT2D eigenvalue weighted by Crippen LogP contribution is 2.24. The molecule has 0 fully saturated rings. The summed E-state index contributed by atoms with van der Waals surface area (Å²) < 4.78 is 20.2. The van der Waals surface area contributed by atoms with Crippen LogP contribution in [-0.2, 0) is 22.5 Å². The molecule has 0 aliphatic heterocycles. The van der Waals surface area contributed by atoms with Crippen molar-refractivity contribution in [2.45, 2.75) is 19.9 Å². The van der Waals surface area contributed by atoms with Gasteiger partial charge in [-0.25, -0.2) is 9.37 Å². The molecule has 0 spiro atoms. The number of ether oxygens (including phenoxy) is 1. The molecule has 0 radical (unpaired) electrons. The number of nitrogens with one attached hydrogen (secondary N) is 1. The van der Waals surface area contributed by atoms with Gasteiger partial charge in [0.05, 0.1) is 41.5 Å². The molecule has 0 aliphatic rings. The van der Waals surface area contributed by atoms with E-state index in [2.05, 4.69) is 15.1 Å². The SMILES string of the molecule is COC(=O)Cc1[nH]n(-c2nc3ccccc3s2)c(=O)c1C(C)=NCc1ccc(F)cc1. The van der Waals surface area contributed by atoms with E-state index in [4.69, 9.17) is 4.74 Å². The number of thiazole rings is 1. The van der Waals surface area contributed by atoms with Crippen LogP contribution in [-0.4, -0.2) is 33.6 Å². The maximum atomic E-state index is 13.3. The second-order valence-electron chi connectivity index (χ2n) is 6.85. The van der Waals surface area contributed by atoms with Crippen molar-refractivity contribution in [2.24, 2.45) is 4.99 Å². The van der Waals surface area contributed by atoms with Gasteiger partial charge in [0.15, 0.2) is 0 Å². The lowest BCUT2D eigenvalue weighted by molar-refractivity contribution is -0.139. The summed E-state index contributed by atoms with van der Waals surface area (Å²) in [4.78, 5) is 34.2. The number of carbonyl (C=O) groups is 1. The summed E-state index contributed by atoms with van der Waals surface area (Å²) in [7, 11) is 1.29. The van der Waals surface area contributed by atoms with Gasteiger partial charge >= 0.3 is 5.97 Å². The first kappa shape index (κ1) is 20.7. The largest absolute Gasteiger partial charge is 0.469 e. The van der Waals surface area contributed by atoms with Gasteiger partial charge < -0.3 is 4.74 Å². The number of para-hydroxylation sites is 1. The van der Waals surface area contributed by atoms with Crippen LogP contribution >= 0.6 is 11.3 Å². The normalized spacial score (nSPS) is 11.8. The highest BCUT2D eigenvalue weighted by Gasteiger charge is 2.21. The number of esters is 1. The lowest BCUT2D eigenvalue weighted by Crippen LogP contribution is -2.20. The molecule has 0 bridgehead atoms. The Balaban J connectivity index is 1.75. The number of aromatic nitrogens is 3. The highest BCUT2D eigenvalue weighted by atomic mass is 32.1. The summed E-state index contributed by atoms with van der Waals surface area (Å²) >= 11 is 1.36. The number of rotatable bonds is 6. The standard InChI is InChI=1S/C22H19FN4O3S/c1-13(24-12-14-7-9-15(23)10-8-14)20-17(11-19(28)30-2)26-27(21(20)29)22-25-16-5-3-4-6-18(16)31-22/h3-10,26H,11-12H2,1-2H3. The Kier molecular flexibility index (Phi) is 5.77. The number of halogens is 1. The molecular weight excluding hydrogens is 419 g/mol. The van der Waals surface area contributed by atoms with E-state index in [1.807, 2.05) is 24.3 Å². The molecular formula is C22H19FN4O3S. The molecule has 9 heteroatoms. The van der Waals surface area contributed by atoms with E-state index in [0.717, 1.165) is 15.8 Å². The molecule has 31 heavy (non-hydrogen) atoms. The van der Waals surface area contributed by atoms with Gasteiger partial charge in [-0.3, -0.25) is 19.7 Å². The average molecular weight is 438 g/mol. The maximum absolute atomic E-state index is 13.3. The number of nitrogens with zero attached hydrogens (tertiary/aromatic N) is 3. The predicted molar refractivity (Wildman–Crippen MR) is 118 cm³/mol. The van der Waals surface area contributed by atoms with Crippen LogP contribution in [0.2, 0.25) is 0 Å². The van der Waals surface area contributed by atoms with E-state index < -0.39 is 5.97 Å². The minimum atomic E-state index is -0.481. The predicted octanol–water partition coefficient (Wildman–Crippen LogP) is 3.64. The van der Waals surface area contributed by atoms with Crippen molar-refractivity contribution in [3.63, 3.8) is 0 Å². The first-order valence-electron chi connectivity index (χ1n) is 9.49. The molecule has 0 atom stereocenters. The van der Waals surface area contributed by atoms with Gasteiger partial charge in [-0.1, -0.05) is 35.6 Å². The summed E-state index contributed by atoms with van der Waals surface area (Å²) in [5.74, 6) is -0.806. The van der Waals surface area contributed by atoms with E-state index in [1.54, 1.807) is 19.1 Å². The molecule has 0 aliphatic carbocycles. The third kappa shape index (κ3) is 4.31. The van der Waals surface area contributed by atoms with Crippen LogP contribution in [0, 0.1) is 5.82 Å². The Morgan fingerprint density at radius 1 is 1.23 bits per heavy atom. The molecule has 0 amide bonds. The van der Waals surface area contributed by atoms with Gasteiger partial charge in [0.2, 0.25) is 5.13 Å². The Morgan fingerprint density at radius 3 is 2.68 bits per heavy atom. The van der Waals surface area contributed by atoms with Crippen molar-refractivity contribution in [2.75, 3.05) is 7.11 Å². The Hall–Kier alpha value is -3.59. The zero-order chi connectivity index (χ0) is 22.0. The van der Waals surface area contributed by atoms with Gasteiger partial charge in [-0.15, -0.1) is 0 Å². The molecule has 0 unspecified atom stereocenters. The van der Waals surface area contributed by atoms with Crippen molar-refractivity contribution < 1.29 is 13.9 Å². The van der Waals surface area contributed by atoms with E-state index in [9.17, 15) is 14.0 Å². The van der Waals surface area contributed by atoms with Crippen LogP contribution in [0.25, 0.3) is 15.3 Å². The maximum Gasteiger partial charge on any atom is 0.311 e. The molecule has 7 nitrogen and oxygen atoms in total. The fourth-order valence-corrected chi connectivity index (χ4v) is 4.09. The molecule has 158 valence electrons. The van der Waals surface area contributed by atoms with Crippen LogP contribution < -0.4 is 5.56 Å². The summed E-state index contributed by atoms with van der Waals surface area (Å²) in [5.41, 5.74) is 2.39. The number of aliphatic imine (C=N–C) groups is 1. The lowest BCUT2D eigenvalue weighted by Gasteiger charge is -2.02. The van der Waals surface area contributed by atoms with Crippen LogP contribution in [0.5, 0.6) is 0 Å². The molecule has 4 aromatic rings. The fraction of sp³-hybridized carbons (Fsp3) is 0.182. The monoisotopic (exact) mass is 438 g/mol. The third-order valence-corrected chi connectivity index (χ3v) is 5.78. The van der Waals surface area contributed by atoms with Gasteiger partial charge in [-0.2, -0.15) is 4.68 Å². The number of fused-ring (bicyclic) bond motifs is 1.